The SMILES string of the molecule is CC12C[NH+]3CC(C)(C[NH+](C1)C3c1cc[nH+]cc1)C2=O. The van der Waals surface area contributed by atoms with Gasteiger partial charge in [-0.05, 0) is 13.8 Å². The maximum atomic E-state index is 12.6. The molecule has 4 heteroatoms. The van der Waals surface area contributed by atoms with E-state index in [0.29, 0.717) is 11.9 Å². The second-order valence-electron chi connectivity index (χ2n) is 7.24. The Bertz CT molecular complexity index is 502. The molecule has 19 heavy (non-hydrogen) atoms. The summed E-state index contributed by atoms with van der Waals surface area (Å²) in [5.41, 5.74) is 1.22. The molecule has 4 saturated heterocycles. The molecule has 0 saturated carbocycles. The lowest BCUT2D eigenvalue weighted by atomic mass is 9.62. The van der Waals surface area contributed by atoms with Crippen LogP contribution >= 0.6 is 0 Å². The molecule has 100 valence electrons. The third-order valence-electron chi connectivity index (χ3n) is 5.46. The van der Waals surface area contributed by atoms with Crippen LogP contribution in [0.1, 0.15) is 25.6 Å². The maximum Gasteiger partial charge on any atom is 0.240 e. The van der Waals surface area contributed by atoms with Gasteiger partial charge >= 0.3 is 0 Å². The Morgan fingerprint density at radius 2 is 1.53 bits per heavy atom. The highest BCUT2D eigenvalue weighted by Crippen LogP contribution is 2.35. The molecule has 5 heterocycles. The maximum absolute atomic E-state index is 12.6. The minimum absolute atomic E-state index is 0.0900. The highest BCUT2D eigenvalue weighted by atomic mass is 16.1. The van der Waals surface area contributed by atoms with E-state index >= 15 is 0 Å². The molecule has 1 aromatic heterocycles. The third-order valence-corrected chi connectivity index (χ3v) is 5.46. The van der Waals surface area contributed by atoms with Gasteiger partial charge in [0.1, 0.15) is 10.8 Å². The minimum atomic E-state index is -0.0900. The number of carbonyl (C=O) groups is 1. The van der Waals surface area contributed by atoms with E-state index in [9.17, 15) is 4.79 Å². The van der Waals surface area contributed by atoms with Crippen LogP contribution in [0.4, 0.5) is 0 Å². The lowest BCUT2D eigenvalue weighted by molar-refractivity contribution is -1.18. The molecule has 1 aromatic rings. The van der Waals surface area contributed by atoms with Crippen molar-refractivity contribution in [2.75, 3.05) is 26.2 Å². The van der Waals surface area contributed by atoms with Crippen LogP contribution in [0, 0.1) is 10.8 Å². The summed E-state index contributed by atoms with van der Waals surface area (Å²) in [5, 5.41) is 0. The van der Waals surface area contributed by atoms with Gasteiger partial charge in [-0.1, -0.05) is 0 Å². The average molecular weight is 260 g/mol. The lowest BCUT2D eigenvalue weighted by Gasteiger charge is -2.58. The molecule has 0 aromatic carbocycles. The summed E-state index contributed by atoms with van der Waals surface area (Å²) in [6.45, 7) is 8.40. The summed E-state index contributed by atoms with van der Waals surface area (Å²) >= 11 is 0. The van der Waals surface area contributed by atoms with Gasteiger partial charge in [0.15, 0.2) is 18.2 Å². The Morgan fingerprint density at radius 3 is 2.00 bits per heavy atom. The fourth-order valence-corrected chi connectivity index (χ4v) is 5.06. The van der Waals surface area contributed by atoms with E-state index in [0.717, 1.165) is 26.2 Å². The first-order valence-corrected chi connectivity index (χ1v) is 7.22. The number of hydrogen-bond acceptors (Lipinski definition) is 1. The molecule has 4 bridgehead atoms. The molecule has 0 amide bonds. The largest absolute Gasteiger partial charge is 0.297 e. The fraction of sp³-hybridized carbons (Fsp3) is 0.600. The number of piperidine rings is 2. The van der Waals surface area contributed by atoms with Crippen molar-refractivity contribution in [2.45, 2.75) is 20.0 Å². The zero-order chi connectivity index (χ0) is 13.3. The zero-order valence-corrected chi connectivity index (χ0v) is 11.6. The van der Waals surface area contributed by atoms with E-state index in [1.54, 1.807) is 9.80 Å². The van der Waals surface area contributed by atoms with E-state index in [2.05, 4.69) is 31.0 Å². The molecule has 4 fully saturated rings. The topological polar surface area (TPSA) is 40.1 Å². The van der Waals surface area contributed by atoms with Gasteiger partial charge in [-0.3, -0.25) is 14.6 Å². The fourth-order valence-electron chi connectivity index (χ4n) is 5.06. The van der Waals surface area contributed by atoms with Crippen LogP contribution in [0.25, 0.3) is 0 Å². The predicted octanol–water partition coefficient (Wildman–Crippen LogP) is -2.11. The molecule has 0 radical (unpaired) electrons. The first-order chi connectivity index (χ1) is 9.02. The molecule has 3 N–H and O–H groups in total. The molecule has 4 nitrogen and oxygen atoms in total. The standard InChI is InChI=1S/C15H19N3O/c1-14-7-17-9-15(2,13(14)19)10-18(8-14)12(17)11-3-5-16-6-4-11/h3-6,12H,7-10H2,1-2H3/p+3. The number of pyridine rings is 1. The third kappa shape index (κ3) is 1.41. The summed E-state index contributed by atoms with van der Waals surface area (Å²) in [6.07, 6.45) is 4.54. The summed E-state index contributed by atoms with van der Waals surface area (Å²) in [5.74, 6) is 0.521. The van der Waals surface area contributed by atoms with Crippen LogP contribution in [0.5, 0.6) is 0 Å². The summed E-state index contributed by atoms with van der Waals surface area (Å²) in [6, 6.07) is 4.39. The van der Waals surface area contributed by atoms with E-state index in [4.69, 9.17) is 0 Å². The van der Waals surface area contributed by atoms with Crippen molar-refractivity contribution in [1.29, 1.82) is 0 Å². The molecule has 4 aliphatic rings. The van der Waals surface area contributed by atoms with Gasteiger partial charge < -0.3 is 0 Å². The van der Waals surface area contributed by atoms with Crippen molar-refractivity contribution < 1.29 is 19.6 Å². The van der Waals surface area contributed by atoms with Gasteiger partial charge in [0.25, 0.3) is 0 Å². The molecular weight excluding hydrogens is 238 g/mol. The molecule has 0 spiro atoms. The van der Waals surface area contributed by atoms with E-state index in [1.807, 2.05) is 12.4 Å². The Balaban J connectivity index is 1.76. The Labute approximate surface area is 113 Å². The number of ketones is 1. The van der Waals surface area contributed by atoms with Crippen molar-refractivity contribution in [3.05, 3.63) is 30.1 Å². The highest BCUT2D eigenvalue weighted by molar-refractivity contribution is 5.91. The smallest absolute Gasteiger partial charge is 0.240 e. The highest BCUT2D eigenvalue weighted by Gasteiger charge is 2.68. The first kappa shape index (κ1) is 11.6. The van der Waals surface area contributed by atoms with Gasteiger partial charge in [-0.15, -0.1) is 0 Å². The quantitative estimate of drug-likeness (QED) is 0.596. The van der Waals surface area contributed by atoms with Crippen molar-refractivity contribution in [2.24, 2.45) is 10.8 Å². The summed E-state index contributed by atoms with van der Waals surface area (Å²) < 4.78 is 0. The van der Waals surface area contributed by atoms with Crippen LogP contribution in [-0.4, -0.2) is 32.0 Å². The second-order valence-corrected chi connectivity index (χ2v) is 7.24. The first-order valence-electron chi connectivity index (χ1n) is 7.22. The molecule has 0 unspecified atom stereocenters. The average Bonchev–Trinajstić information content (AvgIpc) is 2.36. The number of aromatic amines is 1. The Morgan fingerprint density at radius 1 is 1.05 bits per heavy atom. The van der Waals surface area contributed by atoms with Crippen LogP contribution < -0.4 is 14.8 Å². The van der Waals surface area contributed by atoms with E-state index < -0.39 is 0 Å². The van der Waals surface area contributed by atoms with Gasteiger partial charge in [-0.25, -0.2) is 4.98 Å². The number of H-pyrrole nitrogens is 1. The molecular formula is C15H22N3O+3. The lowest BCUT2D eigenvalue weighted by Crippen LogP contribution is -3.41. The number of hydrogen-bond donors (Lipinski definition) is 2. The van der Waals surface area contributed by atoms with Gasteiger partial charge in [0, 0.05) is 12.1 Å². The summed E-state index contributed by atoms with van der Waals surface area (Å²) in [7, 11) is 0. The molecule has 4 aliphatic heterocycles. The number of Topliss-reactive ketones (excluding diaryl/α,β-unsaturated/α-hetero) is 1. The van der Waals surface area contributed by atoms with Crippen LogP contribution in [-0.2, 0) is 4.79 Å². The van der Waals surface area contributed by atoms with Gasteiger partial charge in [0.2, 0.25) is 6.17 Å². The Hall–Kier alpha value is -1.26. The van der Waals surface area contributed by atoms with Crippen molar-refractivity contribution in [1.82, 2.24) is 0 Å². The number of rotatable bonds is 1. The monoisotopic (exact) mass is 260 g/mol. The second kappa shape index (κ2) is 3.44. The van der Waals surface area contributed by atoms with Gasteiger partial charge in [0.05, 0.1) is 31.7 Å². The number of carbonyl (C=O) groups excluding carboxylic acids is 1. The van der Waals surface area contributed by atoms with Crippen molar-refractivity contribution in [3.63, 3.8) is 0 Å². The summed E-state index contributed by atoms with van der Waals surface area (Å²) in [4.78, 5) is 18.9. The van der Waals surface area contributed by atoms with Crippen LogP contribution in [0.3, 0.4) is 0 Å². The van der Waals surface area contributed by atoms with E-state index in [-0.39, 0.29) is 10.8 Å². The minimum Gasteiger partial charge on any atom is -0.297 e. The molecule has 5 rings (SSSR count). The Kier molecular flexibility index (Phi) is 2.09. The molecule has 0 aliphatic carbocycles. The van der Waals surface area contributed by atoms with Crippen LogP contribution in [0.15, 0.2) is 24.5 Å². The van der Waals surface area contributed by atoms with E-state index in [1.165, 1.54) is 5.56 Å². The van der Waals surface area contributed by atoms with Crippen molar-refractivity contribution in [3.8, 4) is 0 Å². The number of aromatic nitrogens is 1. The number of nitrogens with one attached hydrogen (secondary N) is 3. The van der Waals surface area contributed by atoms with Crippen LogP contribution in [0.2, 0.25) is 0 Å². The number of quaternary nitrogens is 2. The van der Waals surface area contributed by atoms with Gasteiger partial charge in [-0.2, -0.15) is 0 Å². The zero-order valence-electron chi connectivity index (χ0n) is 11.6. The molecule has 0 atom stereocenters. The normalized spacial score (nSPS) is 47.7. The predicted molar refractivity (Wildman–Crippen MR) is 68.4 cm³/mol. The van der Waals surface area contributed by atoms with Crippen molar-refractivity contribution >= 4 is 5.78 Å².